The fourth-order valence-corrected chi connectivity index (χ4v) is 2.99. The van der Waals surface area contributed by atoms with Gasteiger partial charge in [0, 0.05) is 13.0 Å². The Labute approximate surface area is 147 Å². The lowest BCUT2D eigenvalue weighted by molar-refractivity contribution is -0.178. The minimum absolute atomic E-state index is 0.0840. The van der Waals surface area contributed by atoms with Gasteiger partial charge in [-0.2, -0.15) is 0 Å². The standard InChI is InChI=1S/C19H23NO5/c1-4-24-17(22)19(18(23)25-5-2)14(3)11-12-16(21)20(19)13-15-9-7-6-8-10-15/h6-10H,3-5,11-13H2,1-2H3. The highest BCUT2D eigenvalue weighted by Crippen LogP contribution is 2.37. The molecule has 0 atom stereocenters. The second-order valence-electron chi connectivity index (χ2n) is 5.72. The second kappa shape index (κ2) is 7.96. The highest BCUT2D eigenvalue weighted by Gasteiger charge is 2.59. The molecule has 25 heavy (non-hydrogen) atoms. The average molecular weight is 345 g/mol. The van der Waals surface area contributed by atoms with E-state index in [-0.39, 0.29) is 38.5 Å². The third-order valence-electron chi connectivity index (χ3n) is 4.18. The number of hydrogen-bond acceptors (Lipinski definition) is 5. The molecule has 1 amide bonds. The van der Waals surface area contributed by atoms with Gasteiger partial charge in [0.15, 0.2) is 0 Å². The molecule has 0 aliphatic carbocycles. The molecular formula is C19H23NO5. The lowest BCUT2D eigenvalue weighted by Crippen LogP contribution is -2.65. The molecule has 0 spiro atoms. The summed E-state index contributed by atoms with van der Waals surface area (Å²) in [5.74, 6) is -1.94. The van der Waals surface area contributed by atoms with Crippen LogP contribution in [0.15, 0.2) is 42.5 Å². The summed E-state index contributed by atoms with van der Waals surface area (Å²) in [6, 6.07) is 9.16. The zero-order valence-electron chi connectivity index (χ0n) is 14.6. The highest BCUT2D eigenvalue weighted by molar-refractivity contribution is 6.12. The van der Waals surface area contributed by atoms with Crippen molar-refractivity contribution in [2.45, 2.75) is 38.8 Å². The van der Waals surface area contributed by atoms with Crippen molar-refractivity contribution in [1.82, 2.24) is 4.90 Å². The van der Waals surface area contributed by atoms with Crippen LogP contribution < -0.4 is 0 Å². The number of piperidine rings is 1. The van der Waals surface area contributed by atoms with Crippen LogP contribution in [0.4, 0.5) is 0 Å². The van der Waals surface area contributed by atoms with E-state index in [0.29, 0.717) is 5.57 Å². The van der Waals surface area contributed by atoms with Crippen molar-refractivity contribution in [3.8, 4) is 0 Å². The molecule has 0 radical (unpaired) electrons. The first-order chi connectivity index (χ1) is 12.0. The number of rotatable bonds is 6. The fraction of sp³-hybridized carbons (Fsp3) is 0.421. The van der Waals surface area contributed by atoms with Crippen LogP contribution in [-0.2, 0) is 30.4 Å². The number of carbonyl (C=O) groups excluding carboxylic acids is 3. The topological polar surface area (TPSA) is 72.9 Å². The van der Waals surface area contributed by atoms with Gasteiger partial charge in [-0.05, 0) is 31.4 Å². The first kappa shape index (κ1) is 18.7. The van der Waals surface area contributed by atoms with Crippen molar-refractivity contribution < 1.29 is 23.9 Å². The average Bonchev–Trinajstić information content (AvgIpc) is 2.60. The molecule has 1 aromatic carbocycles. The van der Waals surface area contributed by atoms with E-state index < -0.39 is 17.5 Å². The molecule has 0 saturated carbocycles. The Morgan fingerprint density at radius 1 is 1.08 bits per heavy atom. The molecule has 0 aromatic heterocycles. The number of ether oxygens (including phenoxy) is 2. The Morgan fingerprint density at radius 2 is 1.64 bits per heavy atom. The molecule has 1 fully saturated rings. The van der Waals surface area contributed by atoms with Gasteiger partial charge in [-0.1, -0.05) is 36.9 Å². The third-order valence-corrected chi connectivity index (χ3v) is 4.18. The summed E-state index contributed by atoms with van der Waals surface area (Å²) in [6.45, 7) is 7.46. The van der Waals surface area contributed by atoms with Crippen molar-refractivity contribution in [2.24, 2.45) is 0 Å². The third kappa shape index (κ3) is 3.43. The first-order valence-corrected chi connectivity index (χ1v) is 8.35. The van der Waals surface area contributed by atoms with Crippen molar-refractivity contribution in [2.75, 3.05) is 13.2 Å². The summed E-state index contributed by atoms with van der Waals surface area (Å²) in [5, 5.41) is 0. The quantitative estimate of drug-likeness (QED) is 0.449. The van der Waals surface area contributed by atoms with Gasteiger partial charge in [0.25, 0.3) is 5.54 Å². The lowest BCUT2D eigenvalue weighted by atomic mass is 9.81. The number of esters is 2. The molecule has 0 N–H and O–H groups in total. The number of likely N-dealkylation sites (tertiary alicyclic amines) is 1. The molecule has 1 aliphatic rings. The predicted molar refractivity (Wildman–Crippen MR) is 91.4 cm³/mol. The number of amides is 1. The van der Waals surface area contributed by atoms with Crippen LogP contribution in [-0.4, -0.2) is 41.5 Å². The van der Waals surface area contributed by atoms with Crippen LogP contribution in [0.25, 0.3) is 0 Å². The molecule has 0 unspecified atom stereocenters. The molecular weight excluding hydrogens is 322 g/mol. The van der Waals surface area contributed by atoms with E-state index in [2.05, 4.69) is 6.58 Å². The van der Waals surface area contributed by atoms with Crippen molar-refractivity contribution >= 4 is 17.8 Å². The van der Waals surface area contributed by atoms with Crippen LogP contribution in [0, 0.1) is 0 Å². The Bertz CT molecular complexity index is 650. The summed E-state index contributed by atoms with van der Waals surface area (Å²) >= 11 is 0. The van der Waals surface area contributed by atoms with Crippen LogP contribution in [0.3, 0.4) is 0 Å². The van der Waals surface area contributed by atoms with Crippen molar-refractivity contribution in [1.29, 1.82) is 0 Å². The first-order valence-electron chi connectivity index (χ1n) is 8.35. The van der Waals surface area contributed by atoms with Crippen LogP contribution in [0.5, 0.6) is 0 Å². The maximum atomic E-state index is 12.8. The maximum absolute atomic E-state index is 12.8. The summed E-state index contributed by atoms with van der Waals surface area (Å²) < 4.78 is 10.3. The van der Waals surface area contributed by atoms with E-state index >= 15 is 0 Å². The van der Waals surface area contributed by atoms with E-state index in [1.54, 1.807) is 13.8 Å². The molecule has 2 rings (SSSR count). The Kier molecular flexibility index (Phi) is 5.96. The molecule has 0 bridgehead atoms. The van der Waals surface area contributed by atoms with Gasteiger partial charge in [-0.3, -0.25) is 4.79 Å². The molecule has 134 valence electrons. The zero-order chi connectivity index (χ0) is 18.4. The molecule has 1 aliphatic heterocycles. The summed E-state index contributed by atoms with van der Waals surface area (Å²) in [5.41, 5.74) is -0.819. The highest BCUT2D eigenvalue weighted by atomic mass is 16.6. The number of carbonyl (C=O) groups is 3. The minimum Gasteiger partial charge on any atom is -0.464 e. The zero-order valence-corrected chi connectivity index (χ0v) is 14.6. The van der Waals surface area contributed by atoms with Gasteiger partial charge in [0.1, 0.15) is 0 Å². The lowest BCUT2D eigenvalue weighted by Gasteiger charge is -2.44. The van der Waals surface area contributed by atoms with E-state index in [0.717, 1.165) is 5.56 Å². The van der Waals surface area contributed by atoms with Gasteiger partial charge in [-0.25, -0.2) is 9.59 Å². The molecule has 6 heteroatoms. The van der Waals surface area contributed by atoms with Gasteiger partial charge in [-0.15, -0.1) is 0 Å². The molecule has 6 nitrogen and oxygen atoms in total. The van der Waals surface area contributed by atoms with Crippen LogP contribution in [0.2, 0.25) is 0 Å². The fourth-order valence-electron chi connectivity index (χ4n) is 2.99. The largest absolute Gasteiger partial charge is 0.464 e. The van der Waals surface area contributed by atoms with E-state index in [9.17, 15) is 14.4 Å². The number of hydrogen-bond donors (Lipinski definition) is 0. The van der Waals surface area contributed by atoms with Gasteiger partial charge < -0.3 is 14.4 Å². The number of benzene rings is 1. The monoisotopic (exact) mass is 345 g/mol. The second-order valence-corrected chi connectivity index (χ2v) is 5.72. The summed E-state index contributed by atoms with van der Waals surface area (Å²) in [4.78, 5) is 39.5. The van der Waals surface area contributed by atoms with Gasteiger partial charge >= 0.3 is 11.9 Å². The van der Waals surface area contributed by atoms with E-state index in [4.69, 9.17) is 9.47 Å². The molecule has 1 heterocycles. The normalized spacial score (nSPS) is 16.5. The van der Waals surface area contributed by atoms with E-state index in [1.165, 1.54) is 4.90 Å². The predicted octanol–water partition coefficient (Wildman–Crippen LogP) is 2.23. The van der Waals surface area contributed by atoms with Crippen LogP contribution in [0.1, 0.15) is 32.3 Å². The maximum Gasteiger partial charge on any atom is 0.348 e. The molecule has 1 saturated heterocycles. The van der Waals surface area contributed by atoms with Crippen LogP contribution >= 0.6 is 0 Å². The molecule has 1 aromatic rings. The van der Waals surface area contributed by atoms with Gasteiger partial charge in [0.2, 0.25) is 5.91 Å². The Morgan fingerprint density at radius 3 is 2.16 bits per heavy atom. The van der Waals surface area contributed by atoms with Gasteiger partial charge in [0.05, 0.1) is 13.2 Å². The Hall–Kier alpha value is -2.63. The van der Waals surface area contributed by atoms with Crippen molar-refractivity contribution in [3.63, 3.8) is 0 Å². The van der Waals surface area contributed by atoms with E-state index in [1.807, 2.05) is 30.3 Å². The SMILES string of the molecule is C=C1CCC(=O)N(Cc2ccccc2)C1(C(=O)OCC)C(=O)OCC. The smallest absolute Gasteiger partial charge is 0.348 e. The summed E-state index contributed by atoms with van der Waals surface area (Å²) in [6.07, 6.45) is 0.425. The minimum atomic E-state index is -1.93. The van der Waals surface area contributed by atoms with Crippen molar-refractivity contribution in [3.05, 3.63) is 48.0 Å². The number of nitrogens with zero attached hydrogens (tertiary/aromatic N) is 1. The Balaban J connectivity index is 2.54. The summed E-state index contributed by atoms with van der Waals surface area (Å²) in [7, 11) is 0.